The third kappa shape index (κ3) is 3.66. The maximum Gasteiger partial charge on any atom is 0.255 e. The molecule has 2 amide bonds. The summed E-state index contributed by atoms with van der Waals surface area (Å²) < 4.78 is 5.10. The van der Waals surface area contributed by atoms with Gasteiger partial charge in [0.05, 0.1) is 30.0 Å². The highest BCUT2D eigenvalue weighted by atomic mass is 16.5. The van der Waals surface area contributed by atoms with Crippen LogP contribution in [0.5, 0.6) is 5.75 Å². The van der Waals surface area contributed by atoms with Crippen molar-refractivity contribution in [1.82, 2.24) is 5.32 Å². The van der Waals surface area contributed by atoms with Gasteiger partial charge in [-0.3, -0.25) is 9.59 Å². The molecular formula is C17H15N3O3. The van der Waals surface area contributed by atoms with Crippen LogP contribution in [0.3, 0.4) is 0 Å². The molecule has 0 heterocycles. The van der Waals surface area contributed by atoms with Crippen LogP contribution < -0.4 is 15.4 Å². The molecule has 0 aliphatic heterocycles. The Balaban J connectivity index is 2.29. The molecule has 0 aromatic heterocycles. The van der Waals surface area contributed by atoms with Gasteiger partial charge in [0.15, 0.2) is 0 Å². The Morgan fingerprint density at radius 3 is 2.35 bits per heavy atom. The van der Waals surface area contributed by atoms with Crippen molar-refractivity contribution in [3.8, 4) is 11.8 Å². The summed E-state index contributed by atoms with van der Waals surface area (Å²) in [6, 6.07) is 13.0. The van der Waals surface area contributed by atoms with Gasteiger partial charge in [-0.15, -0.1) is 0 Å². The molecule has 0 aliphatic carbocycles. The molecule has 0 saturated heterocycles. The van der Waals surface area contributed by atoms with E-state index in [0.717, 1.165) is 0 Å². The molecule has 0 aliphatic rings. The van der Waals surface area contributed by atoms with E-state index in [0.29, 0.717) is 28.1 Å². The van der Waals surface area contributed by atoms with Crippen LogP contribution in [0.4, 0.5) is 5.69 Å². The standard InChI is InChI=1S/C17H15N3O3/c1-19-17(22)14-9-13(23-2)7-8-15(14)20-16(21)12-5-3-11(10-18)4-6-12/h3-9H,1-2H3,(H,19,22)(H,20,21). The summed E-state index contributed by atoms with van der Waals surface area (Å²) in [5, 5.41) is 14.0. The largest absolute Gasteiger partial charge is 0.497 e. The fourth-order valence-electron chi connectivity index (χ4n) is 1.97. The van der Waals surface area contributed by atoms with Gasteiger partial charge in [0.1, 0.15) is 5.75 Å². The summed E-state index contributed by atoms with van der Waals surface area (Å²) in [5.74, 6) is -0.191. The van der Waals surface area contributed by atoms with Crippen LogP contribution in [0, 0.1) is 11.3 Å². The number of carbonyl (C=O) groups excluding carboxylic acids is 2. The van der Waals surface area contributed by atoms with Gasteiger partial charge in [0, 0.05) is 12.6 Å². The molecule has 2 aromatic rings. The first-order valence-electron chi connectivity index (χ1n) is 6.80. The average Bonchev–Trinajstić information content (AvgIpc) is 2.61. The number of anilines is 1. The molecule has 0 radical (unpaired) electrons. The molecule has 116 valence electrons. The molecular weight excluding hydrogens is 294 g/mol. The maximum absolute atomic E-state index is 12.3. The molecule has 2 aromatic carbocycles. The molecule has 2 rings (SSSR count). The van der Waals surface area contributed by atoms with Gasteiger partial charge in [-0.05, 0) is 42.5 Å². The van der Waals surface area contributed by atoms with Gasteiger partial charge < -0.3 is 15.4 Å². The second-order valence-electron chi connectivity index (χ2n) is 4.63. The fraction of sp³-hybridized carbons (Fsp3) is 0.118. The third-order valence-corrected chi connectivity index (χ3v) is 3.22. The van der Waals surface area contributed by atoms with Crippen LogP contribution in [0.1, 0.15) is 26.3 Å². The van der Waals surface area contributed by atoms with Crippen LogP contribution >= 0.6 is 0 Å². The smallest absolute Gasteiger partial charge is 0.255 e. The summed E-state index contributed by atoms with van der Waals surface area (Å²) in [7, 11) is 3.01. The van der Waals surface area contributed by atoms with Gasteiger partial charge in [-0.25, -0.2) is 0 Å². The van der Waals surface area contributed by atoms with Gasteiger partial charge in [0.25, 0.3) is 11.8 Å². The number of hydrogen-bond donors (Lipinski definition) is 2. The summed E-state index contributed by atoms with van der Waals surface area (Å²) in [5.41, 5.74) is 1.54. The van der Waals surface area contributed by atoms with Gasteiger partial charge in [-0.2, -0.15) is 5.26 Å². The quantitative estimate of drug-likeness (QED) is 0.905. The number of carbonyl (C=O) groups is 2. The van der Waals surface area contributed by atoms with Crippen molar-refractivity contribution >= 4 is 17.5 Å². The van der Waals surface area contributed by atoms with Crippen molar-refractivity contribution in [1.29, 1.82) is 5.26 Å². The van der Waals surface area contributed by atoms with Crippen LogP contribution in [0.2, 0.25) is 0 Å². The van der Waals surface area contributed by atoms with Crippen molar-refractivity contribution in [2.75, 3.05) is 19.5 Å². The maximum atomic E-state index is 12.3. The van der Waals surface area contributed by atoms with E-state index in [1.54, 1.807) is 42.5 Å². The summed E-state index contributed by atoms with van der Waals surface area (Å²) in [6.07, 6.45) is 0. The number of benzene rings is 2. The highest BCUT2D eigenvalue weighted by Crippen LogP contribution is 2.22. The minimum absolute atomic E-state index is 0.300. The van der Waals surface area contributed by atoms with Gasteiger partial charge in [0.2, 0.25) is 0 Å². The van der Waals surface area contributed by atoms with E-state index in [2.05, 4.69) is 10.6 Å². The van der Waals surface area contributed by atoms with E-state index in [-0.39, 0.29) is 11.8 Å². The second-order valence-corrected chi connectivity index (χ2v) is 4.63. The van der Waals surface area contributed by atoms with Gasteiger partial charge >= 0.3 is 0 Å². The molecule has 0 saturated carbocycles. The Morgan fingerprint density at radius 1 is 1.09 bits per heavy atom. The summed E-state index contributed by atoms with van der Waals surface area (Å²) in [6.45, 7) is 0. The van der Waals surface area contributed by atoms with E-state index in [9.17, 15) is 9.59 Å². The van der Waals surface area contributed by atoms with E-state index in [1.165, 1.54) is 14.2 Å². The average molecular weight is 309 g/mol. The predicted octanol–water partition coefficient (Wildman–Crippen LogP) is 2.18. The number of amides is 2. The van der Waals surface area contributed by atoms with E-state index in [4.69, 9.17) is 10.00 Å². The lowest BCUT2D eigenvalue weighted by atomic mass is 10.1. The van der Waals surface area contributed by atoms with Crippen molar-refractivity contribution in [3.63, 3.8) is 0 Å². The Hall–Kier alpha value is -3.33. The van der Waals surface area contributed by atoms with Gasteiger partial charge in [-0.1, -0.05) is 0 Å². The number of nitrogens with one attached hydrogen (secondary N) is 2. The Morgan fingerprint density at radius 2 is 1.78 bits per heavy atom. The SMILES string of the molecule is CNC(=O)c1cc(OC)ccc1NC(=O)c1ccc(C#N)cc1. The second kappa shape index (κ2) is 7.09. The van der Waals surface area contributed by atoms with Crippen molar-refractivity contribution in [2.45, 2.75) is 0 Å². The molecule has 6 nitrogen and oxygen atoms in total. The molecule has 0 unspecified atom stereocenters. The minimum atomic E-state index is -0.371. The monoisotopic (exact) mass is 309 g/mol. The molecule has 2 N–H and O–H groups in total. The number of hydrogen-bond acceptors (Lipinski definition) is 4. The summed E-state index contributed by atoms with van der Waals surface area (Å²) >= 11 is 0. The predicted molar refractivity (Wildman–Crippen MR) is 85.5 cm³/mol. The lowest BCUT2D eigenvalue weighted by Crippen LogP contribution is -2.21. The fourth-order valence-corrected chi connectivity index (χ4v) is 1.97. The first-order chi connectivity index (χ1) is 11.1. The highest BCUT2D eigenvalue weighted by molar-refractivity contribution is 6.09. The lowest BCUT2D eigenvalue weighted by Gasteiger charge is -2.12. The molecule has 0 atom stereocenters. The first-order valence-corrected chi connectivity index (χ1v) is 6.80. The van der Waals surface area contributed by atoms with Crippen molar-refractivity contribution < 1.29 is 14.3 Å². The normalized spacial score (nSPS) is 9.61. The number of nitrogens with zero attached hydrogens (tertiary/aromatic N) is 1. The van der Waals surface area contributed by atoms with E-state index < -0.39 is 0 Å². The lowest BCUT2D eigenvalue weighted by molar-refractivity contribution is 0.0963. The zero-order chi connectivity index (χ0) is 16.8. The Kier molecular flexibility index (Phi) is 4.95. The summed E-state index contributed by atoms with van der Waals surface area (Å²) in [4.78, 5) is 24.2. The third-order valence-electron chi connectivity index (χ3n) is 3.22. The zero-order valence-electron chi connectivity index (χ0n) is 12.7. The van der Waals surface area contributed by atoms with Crippen molar-refractivity contribution in [3.05, 3.63) is 59.2 Å². The van der Waals surface area contributed by atoms with Crippen LogP contribution in [-0.2, 0) is 0 Å². The van der Waals surface area contributed by atoms with Crippen LogP contribution in [0.25, 0.3) is 0 Å². The molecule has 0 fully saturated rings. The van der Waals surface area contributed by atoms with Crippen molar-refractivity contribution in [2.24, 2.45) is 0 Å². The van der Waals surface area contributed by atoms with Crippen LogP contribution in [-0.4, -0.2) is 26.0 Å². The number of rotatable bonds is 4. The zero-order valence-corrected chi connectivity index (χ0v) is 12.7. The molecule has 0 spiro atoms. The number of nitriles is 1. The molecule has 0 bridgehead atoms. The van der Waals surface area contributed by atoms with Crippen LogP contribution in [0.15, 0.2) is 42.5 Å². The molecule has 23 heavy (non-hydrogen) atoms. The highest BCUT2D eigenvalue weighted by Gasteiger charge is 2.14. The Bertz CT molecular complexity index is 777. The number of methoxy groups -OCH3 is 1. The molecule has 6 heteroatoms. The van der Waals surface area contributed by atoms with E-state index >= 15 is 0 Å². The number of ether oxygens (including phenoxy) is 1. The topological polar surface area (TPSA) is 91.2 Å². The van der Waals surface area contributed by atoms with E-state index in [1.807, 2.05) is 6.07 Å². The Labute approximate surface area is 133 Å². The minimum Gasteiger partial charge on any atom is -0.497 e. The first kappa shape index (κ1) is 16.0.